The number of hydrogen-bond acceptors (Lipinski definition) is 3. The molecule has 1 aromatic rings. The summed E-state index contributed by atoms with van der Waals surface area (Å²) in [6.07, 6.45) is 0. The first-order valence-electron chi connectivity index (χ1n) is 4.10. The van der Waals surface area contributed by atoms with E-state index in [9.17, 15) is 4.79 Å². The number of rotatable bonds is 2. The lowest BCUT2D eigenvalue weighted by Gasteiger charge is -2.36. The van der Waals surface area contributed by atoms with Gasteiger partial charge in [-0.2, -0.15) is 0 Å². The molecule has 0 radical (unpaired) electrons. The van der Waals surface area contributed by atoms with Crippen LogP contribution in [0.2, 0.25) is 0 Å². The lowest BCUT2D eigenvalue weighted by molar-refractivity contribution is -0.356. The number of carbonyl (C=O) groups excluding carboxylic acids is 1. The summed E-state index contributed by atoms with van der Waals surface area (Å²) in [6.45, 7) is 1.83. The minimum atomic E-state index is -1.05. The Balaban J connectivity index is 0.000000980. The average molecular weight is 215 g/mol. The minimum Gasteiger partial charge on any atom is -0.316 e. The first kappa shape index (κ1) is 11.2. The fourth-order valence-electron chi connectivity index (χ4n) is 1.22. The molecule has 0 aliphatic carbocycles. The molecule has 2 rings (SSSR count). The van der Waals surface area contributed by atoms with E-state index in [0.29, 0.717) is 5.56 Å². The van der Waals surface area contributed by atoms with Crippen LogP contribution in [0.3, 0.4) is 0 Å². The topological polar surface area (TPSA) is 35.5 Å². The largest absolute Gasteiger partial charge is 0.316 e. The molecule has 76 valence electrons. The smallest absolute Gasteiger partial charge is 0.234 e. The molecule has 1 saturated heterocycles. The Morgan fingerprint density at radius 3 is 2.29 bits per heavy atom. The highest BCUT2D eigenvalue weighted by atomic mass is 35.5. The van der Waals surface area contributed by atoms with Crippen LogP contribution in [-0.2, 0) is 9.47 Å². The molecule has 0 spiro atoms. The Bertz CT molecular complexity index is 319. The first-order chi connectivity index (χ1) is 6.22. The van der Waals surface area contributed by atoms with Crippen LogP contribution >= 0.6 is 12.4 Å². The number of ketones is 1. The second-order valence-corrected chi connectivity index (χ2v) is 3.05. The van der Waals surface area contributed by atoms with Gasteiger partial charge in [0.1, 0.15) is 0 Å². The highest BCUT2D eigenvalue weighted by molar-refractivity contribution is 6.01. The molecule has 14 heavy (non-hydrogen) atoms. The highest BCUT2D eigenvalue weighted by Crippen LogP contribution is 2.26. The van der Waals surface area contributed by atoms with E-state index in [1.807, 2.05) is 18.2 Å². The van der Waals surface area contributed by atoms with Crippen molar-refractivity contribution in [1.29, 1.82) is 0 Å². The zero-order valence-corrected chi connectivity index (χ0v) is 8.54. The molecule has 1 fully saturated rings. The summed E-state index contributed by atoms with van der Waals surface area (Å²) >= 11 is 0. The van der Waals surface area contributed by atoms with Crippen LogP contribution in [0.15, 0.2) is 30.3 Å². The van der Waals surface area contributed by atoms with Gasteiger partial charge < -0.3 is 9.47 Å². The maximum atomic E-state index is 11.7. The molecule has 0 atom stereocenters. The molecular weight excluding hydrogens is 204 g/mol. The van der Waals surface area contributed by atoms with E-state index in [1.54, 1.807) is 19.1 Å². The van der Waals surface area contributed by atoms with Crippen molar-refractivity contribution < 1.29 is 14.3 Å². The molecule has 1 aliphatic rings. The van der Waals surface area contributed by atoms with Gasteiger partial charge in [-0.15, -0.1) is 12.4 Å². The molecule has 0 amide bonds. The van der Waals surface area contributed by atoms with Crippen molar-refractivity contribution in [2.24, 2.45) is 0 Å². The van der Waals surface area contributed by atoms with Crippen LogP contribution in [0.25, 0.3) is 0 Å². The van der Waals surface area contributed by atoms with Crippen molar-refractivity contribution in [3.63, 3.8) is 0 Å². The van der Waals surface area contributed by atoms with Gasteiger partial charge in [-0.25, -0.2) is 0 Å². The number of carbonyl (C=O) groups is 1. The predicted molar refractivity (Wildman–Crippen MR) is 53.5 cm³/mol. The quantitative estimate of drug-likeness (QED) is 0.707. The van der Waals surface area contributed by atoms with Gasteiger partial charge in [0.05, 0.1) is 0 Å². The summed E-state index contributed by atoms with van der Waals surface area (Å²) in [5.41, 5.74) is 0.615. The molecular formula is C10H11ClO3. The second-order valence-electron chi connectivity index (χ2n) is 3.05. The SMILES string of the molecule is CC1(C(=O)c2ccccc2)OCO1.Cl. The maximum Gasteiger partial charge on any atom is 0.234 e. The summed E-state index contributed by atoms with van der Waals surface area (Å²) in [5.74, 6) is -1.18. The van der Waals surface area contributed by atoms with Gasteiger partial charge in [-0.1, -0.05) is 30.3 Å². The molecule has 1 aromatic carbocycles. The van der Waals surface area contributed by atoms with E-state index in [1.165, 1.54) is 0 Å². The monoisotopic (exact) mass is 214 g/mol. The van der Waals surface area contributed by atoms with Crippen molar-refractivity contribution in [2.45, 2.75) is 12.7 Å². The third-order valence-corrected chi connectivity index (χ3v) is 2.12. The second kappa shape index (κ2) is 4.09. The molecule has 3 nitrogen and oxygen atoms in total. The van der Waals surface area contributed by atoms with Crippen LogP contribution in [0, 0.1) is 0 Å². The third-order valence-electron chi connectivity index (χ3n) is 2.12. The first-order valence-corrected chi connectivity index (χ1v) is 4.10. The van der Waals surface area contributed by atoms with Crippen LogP contribution in [-0.4, -0.2) is 18.4 Å². The average Bonchev–Trinajstić information content (AvgIpc) is 2.14. The van der Waals surface area contributed by atoms with E-state index in [4.69, 9.17) is 9.47 Å². The van der Waals surface area contributed by atoms with Crippen molar-refractivity contribution >= 4 is 18.2 Å². The zero-order chi connectivity index (χ0) is 9.31. The number of Topliss-reactive ketones (excluding diaryl/α,β-unsaturated/α-hetero) is 1. The van der Waals surface area contributed by atoms with Gasteiger partial charge in [-0.3, -0.25) is 4.79 Å². The molecule has 1 heterocycles. The number of benzene rings is 1. The van der Waals surface area contributed by atoms with Crippen LogP contribution in [0.4, 0.5) is 0 Å². The van der Waals surface area contributed by atoms with Crippen LogP contribution < -0.4 is 0 Å². The highest BCUT2D eigenvalue weighted by Gasteiger charge is 2.42. The molecule has 1 aliphatic heterocycles. The van der Waals surface area contributed by atoms with Gasteiger partial charge in [0.25, 0.3) is 0 Å². The molecule has 0 N–H and O–H groups in total. The molecule has 0 saturated carbocycles. The van der Waals surface area contributed by atoms with Gasteiger partial charge in [0.15, 0.2) is 6.79 Å². The normalized spacial score (nSPS) is 17.8. The van der Waals surface area contributed by atoms with E-state index >= 15 is 0 Å². The summed E-state index contributed by atoms with van der Waals surface area (Å²) in [6, 6.07) is 8.99. The van der Waals surface area contributed by atoms with Gasteiger partial charge in [0, 0.05) is 5.56 Å². The van der Waals surface area contributed by atoms with Crippen molar-refractivity contribution in [1.82, 2.24) is 0 Å². The fourth-order valence-corrected chi connectivity index (χ4v) is 1.22. The van der Waals surface area contributed by atoms with Crippen LogP contribution in [0.5, 0.6) is 0 Å². The van der Waals surface area contributed by atoms with Gasteiger partial charge in [0.2, 0.25) is 11.6 Å². The van der Waals surface area contributed by atoms with E-state index in [-0.39, 0.29) is 25.0 Å². The molecule has 0 bridgehead atoms. The Kier molecular flexibility index (Phi) is 3.26. The van der Waals surface area contributed by atoms with Crippen LogP contribution in [0.1, 0.15) is 17.3 Å². The van der Waals surface area contributed by atoms with Gasteiger partial charge >= 0.3 is 0 Å². The number of hydrogen-bond donors (Lipinski definition) is 0. The van der Waals surface area contributed by atoms with E-state index < -0.39 is 5.79 Å². The Labute approximate surface area is 88.4 Å². The standard InChI is InChI=1S/C10H10O3.ClH/c1-10(12-7-13-10)9(11)8-5-3-2-4-6-8;/h2-6H,7H2,1H3;1H. The number of ether oxygens (including phenoxy) is 2. The van der Waals surface area contributed by atoms with E-state index in [0.717, 1.165) is 0 Å². The number of halogens is 1. The Morgan fingerprint density at radius 2 is 1.86 bits per heavy atom. The minimum absolute atomic E-state index is 0. The lowest BCUT2D eigenvalue weighted by atomic mass is 10.0. The summed E-state index contributed by atoms with van der Waals surface area (Å²) in [5, 5.41) is 0. The Hall–Kier alpha value is -0.900. The van der Waals surface area contributed by atoms with E-state index in [2.05, 4.69) is 0 Å². The van der Waals surface area contributed by atoms with Crippen molar-refractivity contribution in [3.05, 3.63) is 35.9 Å². The van der Waals surface area contributed by atoms with Gasteiger partial charge in [-0.05, 0) is 6.92 Å². The van der Waals surface area contributed by atoms with Crippen molar-refractivity contribution in [2.75, 3.05) is 6.79 Å². The fraction of sp³-hybridized carbons (Fsp3) is 0.300. The molecule has 0 aromatic heterocycles. The molecule has 0 unspecified atom stereocenters. The zero-order valence-electron chi connectivity index (χ0n) is 7.73. The Morgan fingerprint density at radius 1 is 1.29 bits per heavy atom. The van der Waals surface area contributed by atoms with Crippen molar-refractivity contribution in [3.8, 4) is 0 Å². The summed E-state index contributed by atoms with van der Waals surface area (Å²) in [4.78, 5) is 11.7. The summed E-state index contributed by atoms with van der Waals surface area (Å²) in [7, 11) is 0. The summed E-state index contributed by atoms with van der Waals surface area (Å²) < 4.78 is 10.1. The third kappa shape index (κ3) is 1.80. The maximum absolute atomic E-state index is 11.7. The predicted octanol–water partition coefficient (Wildman–Crippen LogP) is 2.01. The molecule has 4 heteroatoms. The lowest BCUT2D eigenvalue weighted by Crippen LogP contribution is -2.50.